The van der Waals surface area contributed by atoms with Crippen LogP contribution in [0.4, 0.5) is 0 Å². The van der Waals surface area contributed by atoms with Gasteiger partial charge in [0.2, 0.25) is 0 Å². The number of rotatable bonds is 11. The molecular weight excluding hydrogens is 1060 g/mol. The molecule has 0 spiro atoms. The fourth-order valence-corrected chi connectivity index (χ4v) is 9.09. The molecule has 0 saturated carbocycles. The molecule has 4 nitrogen and oxygen atoms in total. The maximum atomic E-state index is 12.6. The number of phenolic OH excluding ortho intramolecular Hbond substituents is 1. The molecule has 0 aliphatic rings. The van der Waals surface area contributed by atoms with Crippen molar-refractivity contribution in [3.63, 3.8) is 0 Å². The second kappa shape index (κ2) is 20.5. The quantitative estimate of drug-likeness (QED) is 0.131. The summed E-state index contributed by atoms with van der Waals surface area (Å²) in [4.78, 5) is 10.00. The van der Waals surface area contributed by atoms with Crippen molar-refractivity contribution in [2.75, 3.05) is 0 Å². The van der Waals surface area contributed by atoms with Gasteiger partial charge in [0, 0.05) is 52.2 Å². The van der Waals surface area contributed by atoms with Crippen LogP contribution in [0.2, 0.25) is 0 Å². The number of pyridine rings is 1. The molecule has 2 heterocycles. The minimum atomic E-state index is -3.95. The number of phenols is 1. The van der Waals surface area contributed by atoms with E-state index in [0.717, 1.165) is 38.9 Å². The zero-order chi connectivity index (χ0) is 64.1. The molecule has 0 fully saturated rings. The van der Waals surface area contributed by atoms with Gasteiger partial charge in [-0.25, -0.2) is 4.98 Å². The molecule has 0 bridgehead atoms. The molecule has 10 aromatic rings. The minimum Gasteiger partial charge on any atom is -0.507 e. The fraction of sp³-hybridized carbons (Fsp3) is 0.194. The molecule has 0 atom stereocenters. The Kier molecular flexibility index (Phi) is 9.35. The normalized spacial score (nSPS) is 15.8. The van der Waals surface area contributed by atoms with Gasteiger partial charge in [-0.3, -0.25) is 9.55 Å². The van der Waals surface area contributed by atoms with Gasteiger partial charge in [0.1, 0.15) is 11.6 Å². The maximum absolute atomic E-state index is 12.6. The Balaban J connectivity index is 0.00000941. The molecule has 2 aromatic heterocycles. The summed E-state index contributed by atoms with van der Waals surface area (Å²) in [6.45, 7) is 0.0767. The first-order valence-electron chi connectivity index (χ1n) is 32.1. The van der Waals surface area contributed by atoms with Gasteiger partial charge < -0.3 is 5.11 Å². The fourth-order valence-electron chi connectivity index (χ4n) is 9.09. The maximum Gasteiger partial charge on any atom is 0.148 e. The molecule has 10 rings (SSSR count). The van der Waals surface area contributed by atoms with Gasteiger partial charge in [-0.05, 0) is 109 Å². The molecule has 8 aromatic carbocycles. The second-order valence-electron chi connectivity index (χ2n) is 18.7. The van der Waals surface area contributed by atoms with Crippen molar-refractivity contribution in [1.82, 2.24) is 14.5 Å². The van der Waals surface area contributed by atoms with Crippen LogP contribution < -0.4 is 0 Å². The summed E-state index contributed by atoms with van der Waals surface area (Å²) in [6.07, 6.45) is -0.776. The van der Waals surface area contributed by atoms with Crippen LogP contribution in [-0.2, 0) is 26.5 Å². The Morgan fingerprint density at radius 2 is 1.22 bits per heavy atom. The molecule has 0 unspecified atom stereocenters. The SMILES string of the molecule is [2H]c1nc(-c2[c-]c(-c3cccc4c3nc(-c3cc(C(C)C)cc(C(C)C)c3O)n4-c3cc(-c4ccccc4)c(C([2H])(C)C)cc3-c3ccccc3)cc(-c3ccccc3)c2)c([2H])c(-c2c([2H])c([2H])c(C(C([2H])([2H])[2H])(C([2H])([2H])[2H])C([2H])([2H])[2H])c([2H])c2[2H])c1[2H].[Pt]. The Bertz CT molecular complexity index is 4300. The van der Waals surface area contributed by atoms with Crippen LogP contribution in [0.1, 0.15) is 125 Å². The third-order valence-corrected chi connectivity index (χ3v) is 12.8. The summed E-state index contributed by atoms with van der Waals surface area (Å²) >= 11 is 0. The number of fused-ring (bicyclic) bond motifs is 1. The summed E-state index contributed by atoms with van der Waals surface area (Å²) in [5, 5.41) is 12.6. The van der Waals surface area contributed by atoms with E-state index >= 15 is 0 Å². The van der Waals surface area contributed by atoms with E-state index in [0.29, 0.717) is 50.4 Å². The van der Waals surface area contributed by atoms with Crippen LogP contribution in [0.25, 0.3) is 95.0 Å². The summed E-state index contributed by atoms with van der Waals surface area (Å²) in [5.41, 5.74) is 3.12. The van der Waals surface area contributed by atoms with E-state index in [9.17, 15) is 10.6 Å². The summed E-state index contributed by atoms with van der Waals surface area (Å²) in [7, 11) is 0. The van der Waals surface area contributed by atoms with Crippen LogP contribution in [-0.4, -0.2) is 19.6 Å². The zero-order valence-corrected chi connectivity index (χ0v) is 42.9. The molecule has 0 aliphatic carbocycles. The number of imidazole rings is 1. The Morgan fingerprint density at radius 1 is 0.583 bits per heavy atom. The Labute approximate surface area is 464 Å². The number of nitrogens with zero attached hydrogens (tertiary/aromatic N) is 3. The monoisotopic (exact) mass is 1140 g/mol. The topological polar surface area (TPSA) is 50.9 Å². The largest absolute Gasteiger partial charge is 0.507 e. The number of aromatic hydroxyl groups is 1. The van der Waals surface area contributed by atoms with E-state index in [2.05, 4.69) is 37.0 Å². The van der Waals surface area contributed by atoms with E-state index in [1.54, 1.807) is 6.07 Å². The second-order valence-corrected chi connectivity index (χ2v) is 18.7. The first kappa shape index (κ1) is 32.8. The predicted octanol–water partition coefficient (Wildman–Crippen LogP) is 18.3. The molecule has 0 amide bonds. The Hall–Kier alpha value is -7.13. The third-order valence-electron chi connectivity index (χ3n) is 12.8. The standard InChI is InChI=1S/C67H62N3O.Pt/c1-42(2)50-37-57(44(5)6)65(71)60(38-50)66-69-64-55(26-19-27-62(64)70(66)63-41-58(47-22-15-11-16-23-47)56(43(3)4)40-59(63)48-24-17-12-18-25-48)52-34-51(45-20-13-10-14-21-45)35-53(36-52)61-39-49(32-33-68-61)46-28-30-54(31-29-46)67(7,8)9;/h10-35,37-44,71H,1-9H3;/q-1;/i7D3,8D3,9D3,28D,29D,30D,31D,32D,33D,39D,43D;. The van der Waals surface area contributed by atoms with Crippen LogP contribution in [0.15, 0.2) is 188 Å². The molecule has 0 aliphatic heterocycles. The number of benzene rings is 8. The number of aromatic nitrogens is 3. The van der Waals surface area contributed by atoms with Gasteiger partial charge in [0.15, 0.2) is 0 Å². The first-order valence-corrected chi connectivity index (χ1v) is 23.6. The van der Waals surface area contributed by atoms with E-state index < -0.39 is 91.0 Å². The average Bonchev–Trinajstić information content (AvgIpc) is 1.57. The summed E-state index contributed by atoms with van der Waals surface area (Å²) < 4.78 is 151. The van der Waals surface area contributed by atoms with E-state index in [1.807, 2.05) is 160 Å². The van der Waals surface area contributed by atoms with Gasteiger partial charge in [-0.1, -0.05) is 218 Å². The van der Waals surface area contributed by atoms with E-state index in [-0.39, 0.29) is 49.9 Å². The van der Waals surface area contributed by atoms with Crippen LogP contribution >= 0.6 is 0 Å². The smallest absolute Gasteiger partial charge is 0.148 e. The third kappa shape index (κ3) is 9.78. The van der Waals surface area contributed by atoms with Gasteiger partial charge in [0.05, 0.1) is 31.9 Å². The van der Waals surface area contributed by atoms with Crippen molar-refractivity contribution in [3.05, 3.63) is 216 Å². The summed E-state index contributed by atoms with van der Waals surface area (Å²) in [6, 6.07) is 43.2. The molecule has 0 radical (unpaired) electrons. The van der Waals surface area contributed by atoms with Crippen molar-refractivity contribution in [2.24, 2.45) is 0 Å². The Morgan fingerprint density at radius 3 is 1.85 bits per heavy atom. The van der Waals surface area contributed by atoms with E-state index in [1.165, 1.54) is 0 Å². The molecule has 72 heavy (non-hydrogen) atoms. The van der Waals surface area contributed by atoms with Crippen molar-refractivity contribution in [2.45, 2.75) is 85.2 Å². The number of hydrogen-bond donors (Lipinski definition) is 1. The number of hydrogen-bond acceptors (Lipinski definition) is 3. The van der Waals surface area contributed by atoms with Crippen molar-refractivity contribution < 1.29 is 49.5 Å². The number of para-hydroxylation sites is 1. The first-order chi connectivity index (χ1) is 41.2. The van der Waals surface area contributed by atoms with Gasteiger partial charge in [-0.2, -0.15) is 0 Å². The van der Waals surface area contributed by atoms with Crippen molar-refractivity contribution in [3.8, 4) is 89.7 Å². The van der Waals surface area contributed by atoms with Gasteiger partial charge in [0.25, 0.3) is 0 Å². The van der Waals surface area contributed by atoms with Crippen molar-refractivity contribution in [1.29, 1.82) is 0 Å². The average molecular weight is 1140 g/mol. The molecular formula is C67H62N3OPt-. The predicted molar refractivity (Wildman–Crippen MR) is 298 cm³/mol. The molecule has 1 N–H and O–H groups in total. The summed E-state index contributed by atoms with van der Waals surface area (Å²) in [5.74, 6) is -0.699. The zero-order valence-electron chi connectivity index (χ0n) is 57.6. The van der Waals surface area contributed by atoms with Crippen LogP contribution in [0, 0.1) is 6.07 Å². The van der Waals surface area contributed by atoms with E-state index in [4.69, 9.17) is 22.8 Å². The van der Waals surface area contributed by atoms with Crippen LogP contribution in [0.5, 0.6) is 5.75 Å². The van der Waals surface area contributed by atoms with Gasteiger partial charge >= 0.3 is 0 Å². The molecule has 362 valence electrons. The minimum absolute atomic E-state index is 0. The molecule has 5 heteroatoms. The molecule has 0 saturated heterocycles. The van der Waals surface area contributed by atoms with Crippen LogP contribution in [0.3, 0.4) is 0 Å². The van der Waals surface area contributed by atoms with Crippen molar-refractivity contribution >= 4 is 11.0 Å². The van der Waals surface area contributed by atoms with Gasteiger partial charge in [-0.15, -0.1) is 23.8 Å².